The number of rotatable bonds is 5. The SMILES string of the molecule is CCCC(C)(O)C(=O)NC1CCN(C(=O)c2ccc(C)cc2)CC1. The fourth-order valence-corrected chi connectivity index (χ4v) is 3.05. The van der Waals surface area contributed by atoms with Gasteiger partial charge in [0.05, 0.1) is 0 Å². The highest BCUT2D eigenvalue weighted by molar-refractivity contribution is 5.94. The van der Waals surface area contributed by atoms with E-state index in [1.54, 1.807) is 6.92 Å². The maximum absolute atomic E-state index is 12.5. The Bertz CT molecular complexity index is 573. The quantitative estimate of drug-likeness (QED) is 0.869. The van der Waals surface area contributed by atoms with Gasteiger partial charge in [0.1, 0.15) is 5.60 Å². The molecule has 1 saturated heterocycles. The van der Waals surface area contributed by atoms with Crippen LogP contribution in [0.2, 0.25) is 0 Å². The second-order valence-electron chi connectivity index (χ2n) is 6.93. The van der Waals surface area contributed by atoms with Gasteiger partial charge in [0.15, 0.2) is 0 Å². The summed E-state index contributed by atoms with van der Waals surface area (Å²) in [5, 5.41) is 13.1. The Labute approximate surface area is 144 Å². The van der Waals surface area contributed by atoms with Gasteiger partial charge in [-0.15, -0.1) is 0 Å². The van der Waals surface area contributed by atoms with Crippen LogP contribution in [0.25, 0.3) is 0 Å². The third-order valence-corrected chi connectivity index (χ3v) is 4.64. The number of likely N-dealkylation sites (tertiary alicyclic amines) is 1. The average molecular weight is 332 g/mol. The van der Waals surface area contributed by atoms with Crippen molar-refractivity contribution < 1.29 is 14.7 Å². The highest BCUT2D eigenvalue weighted by atomic mass is 16.3. The molecular weight excluding hydrogens is 304 g/mol. The van der Waals surface area contributed by atoms with Crippen LogP contribution >= 0.6 is 0 Å². The summed E-state index contributed by atoms with van der Waals surface area (Å²) in [6.07, 6.45) is 2.63. The monoisotopic (exact) mass is 332 g/mol. The van der Waals surface area contributed by atoms with Crippen molar-refractivity contribution in [1.82, 2.24) is 10.2 Å². The lowest BCUT2D eigenvalue weighted by atomic mass is 9.97. The normalized spacial score (nSPS) is 18.1. The molecule has 2 rings (SSSR count). The first-order valence-corrected chi connectivity index (χ1v) is 8.73. The van der Waals surface area contributed by atoms with E-state index in [-0.39, 0.29) is 17.9 Å². The fraction of sp³-hybridized carbons (Fsp3) is 0.579. The summed E-state index contributed by atoms with van der Waals surface area (Å²) < 4.78 is 0. The molecule has 1 aliphatic heterocycles. The van der Waals surface area contributed by atoms with Crippen LogP contribution in [0.1, 0.15) is 55.5 Å². The van der Waals surface area contributed by atoms with Crippen molar-refractivity contribution in [1.29, 1.82) is 0 Å². The number of benzene rings is 1. The van der Waals surface area contributed by atoms with Crippen molar-refractivity contribution in [3.8, 4) is 0 Å². The van der Waals surface area contributed by atoms with E-state index in [0.717, 1.165) is 12.0 Å². The van der Waals surface area contributed by atoms with Crippen LogP contribution in [0.4, 0.5) is 0 Å². The fourth-order valence-electron chi connectivity index (χ4n) is 3.05. The number of carbonyl (C=O) groups excluding carboxylic acids is 2. The number of carbonyl (C=O) groups is 2. The average Bonchev–Trinajstić information content (AvgIpc) is 2.55. The number of nitrogens with zero attached hydrogens (tertiary/aromatic N) is 1. The van der Waals surface area contributed by atoms with Crippen LogP contribution in [0, 0.1) is 6.92 Å². The van der Waals surface area contributed by atoms with Crippen molar-refractivity contribution in [3.05, 3.63) is 35.4 Å². The summed E-state index contributed by atoms with van der Waals surface area (Å²) in [6, 6.07) is 7.61. The standard InChI is InChI=1S/C19H28N2O3/c1-4-11-19(3,24)18(23)20-16-9-12-21(13-10-16)17(22)15-7-5-14(2)6-8-15/h5-8,16,24H,4,9-13H2,1-3H3,(H,20,23). The van der Waals surface area contributed by atoms with Crippen molar-refractivity contribution in [2.45, 2.75) is 58.1 Å². The Balaban J connectivity index is 1.86. The molecule has 2 N–H and O–H groups in total. The lowest BCUT2D eigenvalue weighted by molar-refractivity contribution is -0.139. The lowest BCUT2D eigenvalue weighted by Crippen LogP contribution is -2.52. The third kappa shape index (κ3) is 4.57. The van der Waals surface area contributed by atoms with E-state index in [1.807, 2.05) is 43.0 Å². The Morgan fingerprint density at radius 1 is 1.25 bits per heavy atom. The molecule has 1 unspecified atom stereocenters. The number of hydrogen-bond acceptors (Lipinski definition) is 3. The van der Waals surface area contributed by atoms with Gasteiger partial charge in [-0.25, -0.2) is 0 Å². The van der Waals surface area contributed by atoms with E-state index >= 15 is 0 Å². The molecule has 132 valence electrons. The molecule has 0 aromatic heterocycles. The molecule has 1 heterocycles. The zero-order chi connectivity index (χ0) is 17.7. The number of nitrogens with one attached hydrogen (secondary N) is 1. The van der Waals surface area contributed by atoms with Gasteiger partial charge in [-0.1, -0.05) is 31.0 Å². The molecule has 1 fully saturated rings. The predicted octanol–water partition coefficient (Wildman–Crippen LogP) is 2.27. The maximum Gasteiger partial charge on any atom is 0.253 e. The van der Waals surface area contributed by atoms with Gasteiger partial charge in [0, 0.05) is 24.7 Å². The van der Waals surface area contributed by atoms with Crippen LogP contribution in [-0.2, 0) is 4.79 Å². The van der Waals surface area contributed by atoms with Crippen molar-refractivity contribution >= 4 is 11.8 Å². The van der Waals surface area contributed by atoms with Crippen LogP contribution in [0.15, 0.2) is 24.3 Å². The molecule has 1 atom stereocenters. The highest BCUT2D eigenvalue weighted by Gasteiger charge is 2.32. The summed E-state index contributed by atoms with van der Waals surface area (Å²) in [5.74, 6) is -0.273. The molecule has 0 radical (unpaired) electrons. The van der Waals surface area contributed by atoms with Crippen LogP contribution in [0.3, 0.4) is 0 Å². The summed E-state index contributed by atoms with van der Waals surface area (Å²) in [6.45, 7) is 6.73. The lowest BCUT2D eigenvalue weighted by Gasteiger charge is -2.34. The third-order valence-electron chi connectivity index (χ3n) is 4.64. The minimum absolute atomic E-state index is 0.0166. The summed E-state index contributed by atoms with van der Waals surface area (Å²) in [7, 11) is 0. The second-order valence-corrected chi connectivity index (χ2v) is 6.93. The van der Waals surface area contributed by atoms with E-state index in [0.29, 0.717) is 37.9 Å². The Kier molecular flexibility index (Phi) is 5.99. The first kappa shape index (κ1) is 18.5. The Morgan fingerprint density at radius 2 is 1.83 bits per heavy atom. The zero-order valence-electron chi connectivity index (χ0n) is 14.8. The number of aliphatic hydroxyl groups is 1. The van der Waals surface area contributed by atoms with Crippen LogP contribution in [-0.4, -0.2) is 46.6 Å². The van der Waals surface area contributed by atoms with E-state index < -0.39 is 5.60 Å². The second kappa shape index (κ2) is 7.79. The molecule has 1 aromatic rings. The predicted molar refractivity (Wildman–Crippen MR) is 93.8 cm³/mol. The van der Waals surface area contributed by atoms with Gasteiger partial charge in [-0.05, 0) is 45.2 Å². The van der Waals surface area contributed by atoms with E-state index in [4.69, 9.17) is 0 Å². The van der Waals surface area contributed by atoms with E-state index in [2.05, 4.69) is 5.32 Å². The minimum atomic E-state index is -1.32. The molecule has 0 bridgehead atoms. The molecule has 1 aliphatic rings. The Hall–Kier alpha value is -1.88. The highest BCUT2D eigenvalue weighted by Crippen LogP contribution is 2.17. The number of aryl methyl sites for hydroxylation is 1. The molecule has 5 nitrogen and oxygen atoms in total. The number of amides is 2. The topological polar surface area (TPSA) is 69.6 Å². The molecule has 2 amide bonds. The van der Waals surface area contributed by atoms with Gasteiger partial charge in [0.2, 0.25) is 0 Å². The van der Waals surface area contributed by atoms with Crippen molar-refractivity contribution in [3.63, 3.8) is 0 Å². The maximum atomic E-state index is 12.5. The van der Waals surface area contributed by atoms with Crippen molar-refractivity contribution in [2.75, 3.05) is 13.1 Å². The number of hydrogen-bond donors (Lipinski definition) is 2. The molecule has 0 spiro atoms. The van der Waals surface area contributed by atoms with Gasteiger partial charge < -0.3 is 15.3 Å². The minimum Gasteiger partial charge on any atom is -0.380 e. The van der Waals surface area contributed by atoms with Crippen molar-refractivity contribution in [2.24, 2.45) is 0 Å². The largest absolute Gasteiger partial charge is 0.380 e. The summed E-state index contributed by atoms with van der Waals surface area (Å²) >= 11 is 0. The van der Waals surface area contributed by atoms with Gasteiger partial charge in [0.25, 0.3) is 11.8 Å². The van der Waals surface area contributed by atoms with E-state index in [1.165, 1.54) is 0 Å². The molecular formula is C19H28N2O3. The van der Waals surface area contributed by atoms with Crippen LogP contribution < -0.4 is 5.32 Å². The van der Waals surface area contributed by atoms with Gasteiger partial charge >= 0.3 is 0 Å². The zero-order valence-corrected chi connectivity index (χ0v) is 14.8. The molecule has 24 heavy (non-hydrogen) atoms. The molecule has 5 heteroatoms. The van der Waals surface area contributed by atoms with E-state index in [9.17, 15) is 14.7 Å². The van der Waals surface area contributed by atoms with Gasteiger partial charge in [-0.2, -0.15) is 0 Å². The number of piperidine rings is 1. The first-order valence-electron chi connectivity index (χ1n) is 8.73. The molecule has 0 saturated carbocycles. The van der Waals surface area contributed by atoms with Gasteiger partial charge in [-0.3, -0.25) is 9.59 Å². The Morgan fingerprint density at radius 3 is 2.38 bits per heavy atom. The molecule has 0 aliphatic carbocycles. The van der Waals surface area contributed by atoms with Crippen LogP contribution in [0.5, 0.6) is 0 Å². The first-order chi connectivity index (χ1) is 11.3. The smallest absolute Gasteiger partial charge is 0.253 e. The molecule has 1 aromatic carbocycles. The summed E-state index contributed by atoms with van der Waals surface area (Å²) in [4.78, 5) is 26.5. The summed E-state index contributed by atoms with van der Waals surface area (Å²) in [5.41, 5.74) is 0.518.